The summed E-state index contributed by atoms with van der Waals surface area (Å²) in [4.78, 5) is 11.7. The quantitative estimate of drug-likeness (QED) is 0.0605. The Morgan fingerprint density at radius 3 is 2.03 bits per heavy atom. The van der Waals surface area contributed by atoms with Gasteiger partial charge in [-0.3, -0.25) is 0 Å². The van der Waals surface area contributed by atoms with Gasteiger partial charge in [0.1, 0.15) is 12.2 Å². The average molecular weight is 561 g/mol. The van der Waals surface area contributed by atoms with Crippen molar-refractivity contribution in [3.05, 3.63) is 35.9 Å². The summed E-state index contributed by atoms with van der Waals surface area (Å²) in [6.07, 6.45) is 10.8. The van der Waals surface area contributed by atoms with Gasteiger partial charge in [0.2, 0.25) is 0 Å². The molecule has 3 atom stereocenters. The van der Waals surface area contributed by atoms with Crippen LogP contribution in [0.4, 0.5) is 0 Å². The van der Waals surface area contributed by atoms with Crippen LogP contribution in [-0.4, -0.2) is 44.8 Å². The Hall–Kier alpha value is -1.65. The lowest BCUT2D eigenvalue weighted by atomic mass is 9.98. The fraction of sp³-hybridized carbons (Fsp3) is 0.727. The summed E-state index contributed by atoms with van der Waals surface area (Å²) in [5, 5.41) is 11.3. The van der Waals surface area contributed by atoms with Gasteiger partial charge in [-0.25, -0.2) is 4.79 Å². The first kappa shape index (κ1) is 35.4. The molecule has 39 heavy (non-hydrogen) atoms. The first-order valence-electron chi connectivity index (χ1n) is 15.2. The van der Waals surface area contributed by atoms with Crippen molar-refractivity contribution in [1.82, 2.24) is 0 Å². The van der Waals surface area contributed by atoms with E-state index in [4.69, 9.17) is 13.9 Å². The SMILES string of the molecule is CCCCCCCCCCCCO[C@H](c1ccccc1)[C@@H](O[Si](C)(C)C(C)(C)C)[C@H](O)CC#CC(=O)OCC. The summed E-state index contributed by atoms with van der Waals surface area (Å²) in [5.41, 5.74) is 0.977. The van der Waals surface area contributed by atoms with Crippen molar-refractivity contribution in [1.29, 1.82) is 0 Å². The molecular weight excluding hydrogens is 504 g/mol. The van der Waals surface area contributed by atoms with Crippen LogP contribution in [0, 0.1) is 11.8 Å². The average Bonchev–Trinajstić information content (AvgIpc) is 2.88. The molecule has 222 valence electrons. The topological polar surface area (TPSA) is 65.0 Å². The lowest BCUT2D eigenvalue weighted by Gasteiger charge is -2.42. The third-order valence-electron chi connectivity index (χ3n) is 7.62. The van der Waals surface area contributed by atoms with Crippen LogP contribution in [0.5, 0.6) is 0 Å². The second-order valence-electron chi connectivity index (χ2n) is 12.0. The highest BCUT2D eigenvalue weighted by atomic mass is 28.4. The maximum atomic E-state index is 11.7. The highest BCUT2D eigenvalue weighted by Gasteiger charge is 2.43. The normalized spacial score (nSPS) is 14.3. The highest BCUT2D eigenvalue weighted by molar-refractivity contribution is 6.74. The van der Waals surface area contributed by atoms with Gasteiger partial charge in [-0.1, -0.05) is 122 Å². The predicted molar refractivity (Wildman–Crippen MR) is 164 cm³/mol. The fourth-order valence-corrected chi connectivity index (χ4v) is 5.51. The summed E-state index contributed by atoms with van der Waals surface area (Å²) < 4.78 is 18.2. The van der Waals surface area contributed by atoms with Gasteiger partial charge in [0.25, 0.3) is 0 Å². The Bertz CT molecular complexity index is 837. The zero-order valence-corrected chi connectivity index (χ0v) is 26.9. The van der Waals surface area contributed by atoms with Crippen LogP contribution in [0.15, 0.2) is 30.3 Å². The van der Waals surface area contributed by atoms with Crippen LogP contribution in [0.3, 0.4) is 0 Å². The minimum atomic E-state index is -2.26. The second kappa shape index (κ2) is 19.4. The number of hydrogen-bond acceptors (Lipinski definition) is 5. The van der Waals surface area contributed by atoms with Crippen molar-refractivity contribution in [2.45, 2.75) is 142 Å². The molecule has 1 aromatic rings. The molecule has 0 bridgehead atoms. The molecule has 0 amide bonds. The van der Waals surface area contributed by atoms with Gasteiger partial charge in [-0.15, -0.1) is 0 Å². The van der Waals surface area contributed by atoms with E-state index in [-0.39, 0.29) is 18.1 Å². The summed E-state index contributed by atoms with van der Waals surface area (Å²) in [6.45, 7) is 15.8. The van der Waals surface area contributed by atoms with Gasteiger partial charge < -0.3 is 19.0 Å². The number of rotatable bonds is 19. The van der Waals surface area contributed by atoms with E-state index in [1.54, 1.807) is 6.92 Å². The molecule has 0 saturated heterocycles. The van der Waals surface area contributed by atoms with Crippen molar-refractivity contribution in [2.24, 2.45) is 0 Å². The number of carbonyl (C=O) groups is 1. The smallest absolute Gasteiger partial charge is 0.384 e. The molecule has 0 aliphatic carbocycles. The largest absolute Gasteiger partial charge is 0.456 e. The summed E-state index contributed by atoms with van der Waals surface area (Å²) in [7, 11) is -2.26. The number of ether oxygens (including phenoxy) is 2. The van der Waals surface area contributed by atoms with Crippen LogP contribution in [0.1, 0.15) is 117 Å². The Morgan fingerprint density at radius 1 is 0.923 bits per heavy atom. The molecule has 5 nitrogen and oxygen atoms in total. The number of aliphatic hydroxyl groups excluding tert-OH is 1. The molecule has 0 heterocycles. The number of esters is 1. The maximum Gasteiger partial charge on any atom is 0.384 e. The lowest BCUT2D eigenvalue weighted by molar-refractivity contribution is -0.136. The van der Waals surface area contributed by atoms with E-state index < -0.39 is 32.6 Å². The van der Waals surface area contributed by atoms with Gasteiger partial charge in [-0.05, 0) is 37.0 Å². The first-order chi connectivity index (χ1) is 18.5. The zero-order valence-electron chi connectivity index (χ0n) is 25.9. The zero-order chi connectivity index (χ0) is 29.2. The van der Waals surface area contributed by atoms with Gasteiger partial charge in [0.05, 0.1) is 12.7 Å². The molecule has 0 unspecified atom stereocenters. The van der Waals surface area contributed by atoms with Crippen molar-refractivity contribution >= 4 is 14.3 Å². The number of hydrogen-bond donors (Lipinski definition) is 1. The molecule has 1 aromatic carbocycles. The van der Waals surface area contributed by atoms with E-state index >= 15 is 0 Å². The molecule has 6 heteroatoms. The van der Waals surface area contributed by atoms with Crippen LogP contribution < -0.4 is 0 Å². The second-order valence-corrected chi connectivity index (χ2v) is 16.8. The molecule has 0 aliphatic rings. The molecule has 1 rings (SSSR count). The summed E-state index contributed by atoms with van der Waals surface area (Å²) in [6, 6.07) is 10.0. The first-order valence-corrected chi connectivity index (χ1v) is 18.1. The standard InChI is InChI=1S/C33H56O5Si/c1-8-10-11-12-13-14-15-16-17-21-27-37-31(28-23-19-18-20-24-28)32(38-39(6,7)33(3,4)5)29(34)25-22-26-30(35)36-9-2/h18-20,23-24,29,31-32,34H,8-17,21,25,27H2,1-7H3/t29-,31-,32+/m1/s1. The van der Waals surface area contributed by atoms with E-state index in [1.807, 2.05) is 30.3 Å². The Balaban J connectivity index is 2.91. The summed E-state index contributed by atoms with van der Waals surface area (Å²) >= 11 is 0. The van der Waals surface area contributed by atoms with E-state index in [1.165, 1.54) is 51.4 Å². The van der Waals surface area contributed by atoms with Crippen molar-refractivity contribution < 1.29 is 23.8 Å². The van der Waals surface area contributed by atoms with Gasteiger partial charge in [0, 0.05) is 18.9 Å². The molecule has 1 N–H and O–H groups in total. The molecule has 0 radical (unpaired) electrons. The lowest BCUT2D eigenvalue weighted by Crippen LogP contribution is -2.49. The predicted octanol–water partition coefficient (Wildman–Crippen LogP) is 8.37. The van der Waals surface area contributed by atoms with E-state index in [0.29, 0.717) is 6.61 Å². The maximum absolute atomic E-state index is 11.7. The number of carbonyl (C=O) groups excluding carboxylic acids is 1. The van der Waals surface area contributed by atoms with E-state index in [9.17, 15) is 9.90 Å². The van der Waals surface area contributed by atoms with Crippen molar-refractivity contribution in [3.8, 4) is 11.8 Å². The fourth-order valence-electron chi connectivity index (χ4n) is 4.19. The molecule has 0 aliphatic heterocycles. The molecule has 0 spiro atoms. The Kier molecular flexibility index (Phi) is 17.6. The molecule has 0 fully saturated rings. The highest BCUT2D eigenvalue weighted by Crippen LogP contribution is 2.40. The van der Waals surface area contributed by atoms with Crippen LogP contribution >= 0.6 is 0 Å². The number of aliphatic hydroxyl groups is 1. The minimum absolute atomic E-state index is 0.0423. The molecule has 0 saturated carbocycles. The Morgan fingerprint density at radius 2 is 1.49 bits per heavy atom. The number of unbranched alkanes of at least 4 members (excludes halogenated alkanes) is 9. The van der Waals surface area contributed by atoms with Crippen molar-refractivity contribution in [3.63, 3.8) is 0 Å². The van der Waals surface area contributed by atoms with Crippen LogP contribution in [0.25, 0.3) is 0 Å². The monoisotopic (exact) mass is 560 g/mol. The van der Waals surface area contributed by atoms with E-state index in [2.05, 4.69) is 52.6 Å². The van der Waals surface area contributed by atoms with Gasteiger partial charge in [0.15, 0.2) is 8.32 Å². The Labute approximate surface area is 240 Å². The third kappa shape index (κ3) is 14.5. The van der Waals surface area contributed by atoms with Gasteiger partial charge >= 0.3 is 5.97 Å². The minimum Gasteiger partial charge on any atom is -0.456 e. The summed E-state index contributed by atoms with van der Waals surface area (Å²) in [5.74, 6) is 4.69. The molecular formula is C33H56O5Si. The van der Waals surface area contributed by atoms with Crippen LogP contribution in [0.2, 0.25) is 18.1 Å². The molecule has 0 aromatic heterocycles. The van der Waals surface area contributed by atoms with Gasteiger partial charge in [-0.2, -0.15) is 0 Å². The number of benzene rings is 1. The van der Waals surface area contributed by atoms with Crippen LogP contribution in [-0.2, 0) is 18.7 Å². The third-order valence-corrected chi connectivity index (χ3v) is 12.1. The van der Waals surface area contributed by atoms with E-state index in [0.717, 1.165) is 18.4 Å². The van der Waals surface area contributed by atoms with Crippen molar-refractivity contribution in [2.75, 3.05) is 13.2 Å².